The van der Waals surface area contributed by atoms with Crippen LogP contribution in [0.1, 0.15) is 25.5 Å². The molecule has 5 nitrogen and oxygen atoms in total. The van der Waals surface area contributed by atoms with Crippen molar-refractivity contribution < 1.29 is 5.11 Å². The molecule has 1 unspecified atom stereocenters. The summed E-state index contributed by atoms with van der Waals surface area (Å²) in [7, 11) is 0. The van der Waals surface area contributed by atoms with Crippen LogP contribution in [-0.4, -0.2) is 32.2 Å². The van der Waals surface area contributed by atoms with E-state index >= 15 is 0 Å². The summed E-state index contributed by atoms with van der Waals surface area (Å²) in [6.45, 7) is 3.03. The van der Waals surface area contributed by atoms with Crippen LogP contribution in [0.15, 0.2) is 6.20 Å². The number of rotatable bonds is 5. The van der Waals surface area contributed by atoms with Crippen molar-refractivity contribution in [3.05, 3.63) is 11.9 Å². The van der Waals surface area contributed by atoms with Crippen LogP contribution in [0.3, 0.4) is 0 Å². The SMILES string of the molecule is CC(O)Cn1cc(CNC2CC2)nn1. The molecule has 0 aliphatic heterocycles. The van der Waals surface area contributed by atoms with Gasteiger partial charge in [0, 0.05) is 18.8 Å². The van der Waals surface area contributed by atoms with E-state index in [0.29, 0.717) is 12.6 Å². The second-order valence-electron chi connectivity index (χ2n) is 3.94. The molecule has 1 aliphatic carbocycles. The Morgan fingerprint density at radius 1 is 1.71 bits per heavy atom. The third kappa shape index (κ3) is 2.78. The van der Waals surface area contributed by atoms with E-state index in [1.165, 1.54) is 12.8 Å². The Kier molecular flexibility index (Phi) is 2.79. The van der Waals surface area contributed by atoms with E-state index in [9.17, 15) is 0 Å². The van der Waals surface area contributed by atoms with Gasteiger partial charge in [-0.05, 0) is 19.8 Å². The van der Waals surface area contributed by atoms with Crippen LogP contribution in [0, 0.1) is 0 Å². The first-order valence-electron chi connectivity index (χ1n) is 5.04. The predicted molar refractivity (Wildman–Crippen MR) is 51.6 cm³/mol. The number of nitrogens with zero attached hydrogens (tertiary/aromatic N) is 3. The van der Waals surface area contributed by atoms with Crippen molar-refractivity contribution in [1.82, 2.24) is 20.3 Å². The van der Waals surface area contributed by atoms with Crippen LogP contribution < -0.4 is 5.32 Å². The van der Waals surface area contributed by atoms with Gasteiger partial charge in [-0.2, -0.15) is 0 Å². The summed E-state index contributed by atoms with van der Waals surface area (Å²) in [5.41, 5.74) is 0.942. The van der Waals surface area contributed by atoms with Crippen LogP contribution in [0.2, 0.25) is 0 Å². The van der Waals surface area contributed by atoms with Gasteiger partial charge in [0.25, 0.3) is 0 Å². The fraction of sp³-hybridized carbons (Fsp3) is 0.778. The van der Waals surface area contributed by atoms with E-state index in [2.05, 4.69) is 15.6 Å². The Morgan fingerprint density at radius 3 is 3.14 bits per heavy atom. The Morgan fingerprint density at radius 2 is 2.50 bits per heavy atom. The molecule has 14 heavy (non-hydrogen) atoms. The maximum atomic E-state index is 9.14. The zero-order valence-corrected chi connectivity index (χ0v) is 8.35. The average molecular weight is 196 g/mol. The molecule has 2 rings (SSSR count). The average Bonchev–Trinajstić information content (AvgIpc) is 2.84. The fourth-order valence-corrected chi connectivity index (χ4v) is 1.32. The van der Waals surface area contributed by atoms with Crippen LogP contribution in [0.5, 0.6) is 0 Å². The molecule has 1 atom stereocenters. The lowest BCUT2D eigenvalue weighted by molar-refractivity contribution is 0.167. The molecule has 0 spiro atoms. The van der Waals surface area contributed by atoms with Gasteiger partial charge in [0.15, 0.2) is 0 Å². The Hall–Kier alpha value is -0.940. The fourth-order valence-electron chi connectivity index (χ4n) is 1.32. The second-order valence-corrected chi connectivity index (χ2v) is 3.94. The summed E-state index contributed by atoms with van der Waals surface area (Å²) in [6.07, 6.45) is 4.06. The lowest BCUT2D eigenvalue weighted by Crippen LogP contribution is -2.15. The number of nitrogens with one attached hydrogen (secondary N) is 1. The molecule has 1 aromatic heterocycles. The molecule has 78 valence electrons. The molecule has 2 N–H and O–H groups in total. The number of aliphatic hydroxyl groups excluding tert-OH is 1. The van der Waals surface area contributed by atoms with E-state index < -0.39 is 0 Å². The van der Waals surface area contributed by atoms with Crippen molar-refractivity contribution in [2.45, 2.75) is 45.0 Å². The highest BCUT2D eigenvalue weighted by atomic mass is 16.3. The number of hydrogen-bond donors (Lipinski definition) is 2. The smallest absolute Gasteiger partial charge is 0.0964 e. The van der Waals surface area contributed by atoms with Crippen LogP contribution in [0.4, 0.5) is 0 Å². The third-order valence-electron chi connectivity index (χ3n) is 2.19. The molecule has 0 radical (unpaired) electrons. The topological polar surface area (TPSA) is 63.0 Å². The normalized spacial score (nSPS) is 18.4. The van der Waals surface area contributed by atoms with Crippen molar-refractivity contribution in [2.24, 2.45) is 0 Å². The third-order valence-corrected chi connectivity index (χ3v) is 2.19. The highest BCUT2D eigenvalue weighted by Crippen LogP contribution is 2.18. The summed E-state index contributed by atoms with van der Waals surface area (Å²) < 4.78 is 1.68. The maximum absolute atomic E-state index is 9.14. The molecule has 0 bridgehead atoms. The summed E-state index contributed by atoms with van der Waals surface area (Å²) in [5.74, 6) is 0. The van der Waals surface area contributed by atoms with Gasteiger partial charge in [-0.3, -0.25) is 0 Å². The van der Waals surface area contributed by atoms with Gasteiger partial charge in [-0.15, -0.1) is 5.10 Å². The molecule has 1 fully saturated rings. The first kappa shape index (κ1) is 9.61. The molecular formula is C9H16N4O. The highest BCUT2D eigenvalue weighted by molar-refractivity contribution is 4.94. The summed E-state index contributed by atoms with van der Waals surface area (Å²) in [6, 6.07) is 0.692. The van der Waals surface area contributed by atoms with E-state index in [1.54, 1.807) is 11.6 Å². The maximum Gasteiger partial charge on any atom is 0.0964 e. The minimum absolute atomic E-state index is 0.374. The van der Waals surface area contributed by atoms with Gasteiger partial charge >= 0.3 is 0 Å². The molecule has 0 amide bonds. The van der Waals surface area contributed by atoms with Crippen LogP contribution in [-0.2, 0) is 13.1 Å². The quantitative estimate of drug-likeness (QED) is 0.691. The summed E-state index contributed by atoms with van der Waals surface area (Å²) >= 11 is 0. The molecule has 5 heteroatoms. The molecule has 1 heterocycles. The monoisotopic (exact) mass is 196 g/mol. The highest BCUT2D eigenvalue weighted by Gasteiger charge is 2.20. The standard InChI is InChI=1S/C9H16N4O/c1-7(14)5-13-6-9(11-12-13)4-10-8-2-3-8/h6-8,10,14H,2-5H2,1H3. The molecule has 1 aromatic rings. The van der Waals surface area contributed by atoms with Crippen LogP contribution >= 0.6 is 0 Å². The van der Waals surface area contributed by atoms with Crippen molar-refractivity contribution in [2.75, 3.05) is 0 Å². The van der Waals surface area contributed by atoms with Crippen molar-refractivity contribution in [3.8, 4) is 0 Å². The van der Waals surface area contributed by atoms with Crippen molar-refractivity contribution in [1.29, 1.82) is 0 Å². The largest absolute Gasteiger partial charge is 0.391 e. The minimum Gasteiger partial charge on any atom is -0.391 e. The molecule has 0 aromatic carbocycles. The van der Waals surface area contributed by atoms with Gasteiger partial charge < -0.3 is 10.4 Å². The van der Waals surface area contributed by atoms with E-state index in [4.69, 9.17) is 5.11 Å². The Bertz CT molecular complexity index is 293. The predicted octanol–water partition coefficient (Wildman–Crippen LogP) is -0.0891. The van der Waals surface area contributed by atoms with Crippen LogP contribution in [0.25, 0.3) is 0 Å². The van der Waals surface area contributed by atoms with E-state index in [1.807, 2.05) is 6.20 Å². The summed E-state index contributed by atoms with van der Waals surface area (Å²) in [4.78, 5) is 0. The minimum atomic E-state index is -0.374. The first-order valence-corrected chi connectivity index (χ1v) is 5.04. The number of hydrogen-bond acceptors (Lipinski definition) is 4. The number of aromatic nitrogens is 3. The molecule has 0 saturated heterocycles. The molecule has 1 aliphatic rings. The van der Waals surface area contributed by atoms with E-state index in [0.717, 1.165) is 12.2 Å². The first-order chi connectivity index (χ1) is 6.74. The summed E-state index contributed by atoms with van der Waals surface area (Å²) in [5, 5.41) is 20.4. The van der Waals surface area contributed by atoms with E-state index in [-0.39, 0.29) is 6.10 Å². The van der Waals surface area contributed by atoms with Gasteiger partial charge in [0.2, 0.25) is 0 Å². The van der Waals surface area contributed by atoms with Gasteiger partial charge in [0.05, 0.1) is 18.3 Å². The zero-order chi connectivity index (χ0) is 9.97. The Labute approximate surface area is 83.1 Å². The lowest BCUT2D eigenvalue weighted by atomic mass is 10.4. The van der Waals surface area contributed by atoms with Crippen molar-refractivity contribution in [3.63, 3.8) is 0 Å². The lowest BCUT2D eigenvalue weighted by Gasteiger charge is -2.01. The Balaban J connectivity index is 1.81. The second kappa shape index (κ2) is 4.06. The zero-order valence-electron chi connectivity index (χ0n) is 8.35. The van der Waals surface area contributed by atoms with Gasteiger partial charge in [-0.1, -0.05) is 5.21 Å². The molecular weight excluding hydrogens is 180 g/mol. The van der Waals surface area contributed by atoms with Gasteiger partial charge in [-0.25, -0.2) is 4.68 Å². The molecule has 1 saturated carbocycles. The number of aliphatic hydroxyl groups is 1. The van der Waals surface area contributed by atoms with Gasteiger partial charge in [0.1, 0.15) is 0 Å². The van der Waals surface area contributed by atoms with Crippen molar-refractivity contribution >= 4 is 0 Å².